The van der Waals surface area contributed by atoms with E-state index in [0.29, 0.717) is 0 Å². The van der Waals surface area contributed by atoms with E-state index in [1.807, 2.05) is 0 Å². The van der Waals surface area contributed by atoms with Gasteiger partial charge in [0.05, 0.1) is 9.73 Å². The average molecular weight is 160 g/mol. The lowest BCUT2D eigenvalue weighted by Crippen LogP contribution is -2.25. The van der Waals surface area contributed by atoms with Gasteiger partial charge in [-0.05, 0) is 20.8 Å². The van der Waals surface area contributed by atoms with Crippen LogP contribution in [0.2, 0.25) is 0 Å². The van der Waals surface area contributed by atoms with Crippen molar-refractivity contribution in [3.05, 3.63) is 0 Å². The number of rotatable bonds is 0. The van der Waals surface area contributed by atoms with Crippen LogP contribution in [0.15, 0.2) is 4.36 Å². The van der Waals surface area contributed by atoms with Crippen LogP contribution in [0.25, 0.3) is 0 Å². The van der Waals surface area contributed by atoms with Gasteiger partial charge in [0.15, 0.2) is 0 Å². The minimum absolute atomic E-state index is 0.414. The second-order valence-corrected chi connectivity index (χ2v) is 6.12. The van der Waals surface area contributed by atoms with Crippen LogP contribution < -0.4 is 0 Å². The molecule has 0 aliphatic rings. The van der Waals surface area contributed by atoms with Crippen LogP contribution in [-0.4, -0.2) is 15.2 Å². The van der Waals surface area contributed by atoms with Gasteiger partial charge in [-0.1, -0.05) is 0 Å². The largest absolute Gasteiger partial charge is 0.248 e. The van der Waals surface area contributed by atoms with Crippen molar-refractivity contribution in [2.45, 2.75) is 25.5 Å². The molecule has 3 nitrogen and oxygen atoms in total. The second kappa shape index (κ2) is 2.59. The Balaban J connectivity index is 5.01. The van der Waals surface area contributed by atoms with Gasteiger partial charge in [-0.15, -0.1) is 4.36 Å². The summed E-state index contributed by atoms with van der Waals surface area (Å²) < 4.78 is 14.4. The standard InChI is InChI=1S/C6H12N2OS/c1-6(2,3)10(4,9)8-5-7/h1-4H3. The number of nitriles is 1. The average Bonchev–Trinajstić information content (AvgIpc) is 1.61. The van der Waals surface area contributed by atoms with E-state index >= 15 is 0 Å². The maximum absolute atomic E-state index is 11.4. The molecule has 0 spiro atoms. The van der Waals surface area contributed by atoms with Gasteiger partial charge in [0.2, 0.25) is 6.19 Å². The Hall–Kier alpha value is -0.560. The lowest BCUT2D eigenvalue weighted by atomic mass is 10.3. The first-order chi connectivity index (χ1) is 4.31. The van der Waals surface area contributed by atoms with Gasteiger partial charge >= 0.3 is 0 Å². The molecule has 0 heterocycles. The molecule has 0 aromatic carbocycles. The van der Waals surface area contributed by atoms with Gasteiger partial charge in [0.1, 0.15) is 0 Å². The van der Waals surface area contributed by atoms with E-state index in [0.717, 1.165) is 0 Å². The number of hydrogen-bond donors (Lipinski definition) is 0. The fourth-order valence-electron chi connectivity index (χ4n) is 0.215. The van der Waals surface area contributed by atoms with Crippen LogP contribution in [0.3, 0.4) is 0 Å². The Morgan fingerprint density at radius 2 is 1.90 bits per heavy atom. The summed E-state index contributed by atoms with van der Waals surface area (Å²) >= 11 is 0. The molecule has 1 atom stereocenters. The Kier molecular flexibility index (Phi) is 2.44. The number of hydrogen-bond acceptors (Lipinski definition) is 3. The highest BCUT2D eigenvalue weighted by atomic mass is 32.2. The van der Waals surface area contributed by atoms with Gasteiger partial charge < -0.3 is 0 Å². The van der Waals surface area contributed by atoms with Gasteiger partial charge in [-0.3, -0.25) is 0 Å². The van der Waals surface area contributed by atoms with Gasteiger partial charge in [-0.25, -0.2) is 4.21 Å². The van der Waals surface area contributed by atoms with Crippen molar-refractivity contribution in [3.63, 3.8) is 0 Å². The van der Waals surface area contributed by atoms with Crippen molar-refractivity contribution >= 4 is 9.73 Å². The molecule has 4 heteroatoms. The van der Waals surface area contributed by atoms with Crippen LogP contribution in [0.5, 0.6) is 0 Å². The smallest absolute Gasteiger partial charge is 0.214 e. The molecule has 0 bridgehead atoms. The van der Waals surface area contributed by atoms with E-state index in [1.54, 1.807) is 27.0 Å². The van der Waals surface area contributed by atoms with Crippen molar-refractivity contribution in [1.29, 1.82) is 5.26 Å². The third kappa shape index (κ3) is 1.99. The van der Waals surface area contributed by atoms with E-state index in [4.69, 9.17) is 5.26 Å². The predicted octanol–water partition coefficient (Wildman–Crippen LogP) is 1.36. The van der Waals surface area contributed by atoms with E-state index in [1.165, 1.54) is 6.26 Å². The summed E-state index contributed by atoms with van der Waals surface area (Å²) in [5.74, 6) is 0. The second-order valence-electron chi connectivity index (χ2n) is 3.11. The zero-order chi connectivity index (χ0) is 8.41. The van der Waals surface area contributed by atoms with Crippen molar-refractivity contribution in [1.82, 2.24) is 0 Å². The van der Waals surface area contributed by atoms with Crippen LogP contribution in [0.1, 0.15) is 20.8 Å². The Morgan fingerprint density at radius 3 is 2.00 bits per heavy atom. The Labute approximate surface area is 62.2 Å². The zero-order valence-corrected chi connectivity index (χ0v) is 7.53. The molecule has 1 unspecified atom stereocenters. The van der Waals surface area contributed by atoms with Crippen molar-refractivity contribution in [3.8, 4) is 6.19 Å². The molecule has 10 heavy (non-hydrogen) atoms. The van der Waals surface area contributed by atoms with E-state index < -0.39 is 14.5 Å². The molecule has 0 saturated heterocycles. The third-order valence-electron chi connectivity index (χ3n) is 1.35. The van der Waals surface area contributed by atoms with Crippen LogP contribution >= 0.6 is 0 Å². The van der Waals surface area contributed by atoms with Crippen LogP contribution in [0, 0.1) is 11.5 Å². The summed E-state index contributed by atoms with van der Waals surface area (Å²) in [6, 6.07) is 0. The van der Waals surface area contributed by atoms with Gasteiger partial charge in [0.25, 0.3) is 0 Å². The summed E-state index contributed by atoms with van der Waals surface area (Å²) in [5.41, 5.74) is 0. The summed E-state index contributed by atoms with van der Waals surface area (Å²) in [7, 11) is -2.33. The van der Waals surface area contributed by atoms with Crippen molar-refractivity contribution in [2.24, 2.45) is 4.36 Å². The fourth-order valence-corrected chi connectivity index (χ4v) is 0.645. The maximum Gasteiger partial charge on any atom is 0.214 e. The zero-order valence-electron chi connectivity index (χ0n) is 6.71. The first kappa shape index (κ1) is 9.44. The monoisotopic (exact) mass is 160 g/mol. The van der Waals surface area contributed by atoms with Gasteiger partial charge in [0, 0.05) is 11.0 Å². The molecule has 0 aliphatic carbocycles. The Bertz CT molecular complexity index is 260. The summed E-state index contributed by atoms with van der Waals surface area (Å²) in [6.07, 6.45) is 3.06. The maximum atomic E-state index is 11.4. The molecule has 58 valence electrons. The summed E-state index contributed by atoms with van der Waals surface area (Å²) in [4.78, 5) is 0. The molecule has 0 amide bonds. The van der Waals surface area contributed by atoms with E-state index in [-0.39, 0.29) is 0 Å². The topological polar surface area (TPSA) is 53.2 Å². The molecule has 0 radical (unpaired) electrons. The highest BCUT2D eigenvalue weighted by Gasteiger charge is 2.21. The van der Waals surface area contributed by atoms with Crippen molar-refractivity contribution < 1.29 is 4.21 Å². The third-order valence-corrected chi connectivity index (χ3v) is 4.05. The lowest BCUT2D eigenvalue weighted by molar-refractivity contribution is 0.645. The highest BCUT2D eigenvalue weighted by Crippen LogP contribution is 2.15. The van der Waals surface area contributed by atoms with Crippen LogP contribution in [0.4, 0.5) is 0 Å². The molecule has 0 aromatic rings. The fraction of sp³-hybridized carbons (Fsp3) is 0.833. The minimum Gasteiger partial charge on any atom is -0.248 e. The number of nitrogens with zero attached hydrogens (tertiary/aromatic N) is 2. The normalized spacial score (nSPS) is 17.1. The molecule has 0 saturated carbocycles. The van der Waals surface area contributed by atoms with Crippen LogP contribution in [-0.2, 0) is 9.73 Å². The molecule has 0 fully saturated rings. The highest BCUT2D eigenvalue weighted by molar-refractivity contribution is 7.94. The van der Waals surface area contributed by atoms with E-state index in [9.17, 15) is 4.21 Å². The minimum atomic E-state index is -2.33. The molecule has 0 aliphatic heterocycles. The summed E-state index contributed by atoms with van der Waals surface area (Å²) in [6.45, 7) is 5.41. The van der Waals surface area contributed by atoms with E-state index in [2.05, 4.69) is 4.36 Å². The molecule has 0 N–H and O–H groups in total. The quantitative estimate of drug-likeness (QED) is 0.502. The first-order valence-electron chi connectivity index (χ1n) is 2.91. The molecule has 0 rings (SSSR count). The first-order valence-corrected chi connectivity index (χ1v) is 4.83. The lowest BCUT2D eigenvalue weighted by Gasteiger charge is -2.18. The Morgan fingerprint density at radius 1 is 1.50 bits per heavy atom. The summed E-state index contributed by atoms with van der Waals surface area (Å²) in [5, 5.41) is 8.17. The molecule has 0 aromatic heterocycles. The molecular weight excluding hydrogens is 148 g/mol. The van der Waals surface area contributed by atoms with Gasteiger partial charge in [-0.2, -0.15) is 5.26 Å². The van der Waals surface area contributed by atoms with Crippen molar-refractivity contribution in [2.75, 3.05) is 6.26 Å². The molecular formula is C6H12N2OS. The SMILES string of the molecule is CC(C)(C)S(C)(=O)=NC#N. The predicted molar refractivity (Wildman–Crippen MR) is 41.9 cm³/mol.